The third-order valence-electron chi connectivity index (χ3n) is 3.77. The molecule has 1 aromatic carbocycles. The minimum absolute atomic E-state index is 0.0303. The Morgan fingerprint density at radius 2 is 1.94 bits per heavy atom. The van der Waals surface area contributed by atoms with Crippen LogP contribution in [0.25, 0.3) is 11.3 Å². The number of hydrogen-bond donors (Lipinski definition) is 2. The highest BCUT2D eigenvalue weighted by molar-refractivity contribution is 6.31. The highest BCUT2D eigenvalue weighted by Gasteiger charge is 2.21. The molecule has 2 N–H and O–H groups in total. The van der Waals surface area contributed by atoms with E-state index in [0.29, 0.717) is 5.56 Å². The lowest BCUT2D eigenvalue weighted by atomic mass is 10.1. The lowest BCUT2D eigenvalue weighted by molar-refractivity contribution is -0.295. The van der Waals surface area contributed by atoms with E-state index in [9.17, 15) is 22.4 Å². The van der Waals surface area contributed by atoms with E-state index in [2.05, 4.69) is 15.3 Å². The van der Waals surface area contributed by atoms with Crippen LogP contribution in [0, 0.1) is 17.1 Å². The van der Waals surface area contributed by atoms with Crippen molar-refractivity contribution in [1.29, 1.82) is 5.26 Å². The Bertz CT molecular complexity index is 924. The SMILES string of the molecule is CC.N#Cc1cc(-c2ncnc(NCC(=O)N3CCC3)c2F)ccc1Cl.OC(F)(F)F. The lowest BCUT2D eigenvalue weighted by Crippen LogP contribution is -2.44. The largest absolute Gasteiger partial charge is 0.519 e. The van der Waals surface area contributed by atoms with Crippen LogP contribution in [0.15, 0.2) is 24.5 Å². The van der Waals surface area contributed by atoms with E-state index in [-0.39, 0.29) is 34.5 Å². The zero-order valence-electron chi connectivity index (χ0n) is 16.7. The maximum atomic E-state index is 14.6. The first-order valence-corrected chi connectivity index (χ1v) is 9.49. The van der Waals surface area contributed by atoms with Gasteiger partial charge in [0.2, 0.25) is 5.91 Å². The van der Waals surface area contributed by atoms with Gasteiger partial charge in [0.1, 0.15) is 18.1 Å². The van der Waals surface area contributed by atoms with Gasteiger partial charge in [-0.15, -0.1) is 13.2 Å². The minimum atomic E-state index is -5.00. The molecule has 168 valence electrons. The summed E-state index contributed by atoms with van der Waals surface area (Å²) in [5, 5.41) is 18.5. The molecule has 0 bridgehead atoms. The van der Waals surface area contributed by atoms with Gasteiger partial charge < -0.3 is 15.3 Å². The molecule has 0 atom stereocenters. The fourth-order valence-corrected chi connectivity index (χ4v) is 2.45. The van der Waals surface area contributed by atoms with Crippen LogP contribution in [0.2, 0.25) is 5.02 Å². The molecule has 2 aromatic rings. The summed E-state index contributed by atoms with van der Waals surface area (Å²) in [6.45, 7) is 5.44. The average molecular weight is 462 g/mol. The van der Waals surface area contributed by atoms with Crippen LogP contribution in [0.4, 0.5) is 23.4 Å². The van der Waals surface area contributed by atoms with Gasteiger partial charge in [0.25, 0.3) is 0 Å². The summed E-state index contributed by atoms with van der Waals surface area (Å²) in [6.07, 6.45) is -2.80. The molecule has 7 nitrogen and oxygen atoms in total. The summed E-state index contributed by atoms with van der Waals surface area (Å²) in [5.41, 5.74) is 0.680. The standard InChI is InChI=1S/C16H13ClFN5O.C2H6.CHF3O/c17-12-3-2-10(6-11(12)7-19)15-14(18)16(22-9-21-15)20-8-13(24)23-4-1-5-23;1-2;2-1(3,4)5/h2-3,6,9H,1,4-5,8H2,(H,20,21,22);1-2H3;5H. The molecule has 1 aliphatic rings. The molecule has 1 saturated heterocycles. The molecule has 2 heterocycles. The van der Waals surface area contributed by atoms with E-state index >= 15 is 0 Å². The van der Waals surface area contributed by atoms with Crippen molar-refractivity contribution in [3.8, 4) is 17.3 Å². The number of amides is 1. The summed E-state index contributed by atoms with van der Waals surface area (Å²) in [6, 6.07) is 6.49. The third-order valence-corrected chi connectivity index (χ3v) is 4.10. The topological polar surface area (TPSA) is 102 Å². The number of anilines is 1. The Kier molecular flexibility index (Phi) is 10.1. The number of rotatable bonds is 4. The van der Waals surface area contributed by atoms with Gasteiger partial charge in [-0.05, 0) is 18.6 Å². The first-order valence-electron chi connectivity index (χ1n) is 9.11. The maximum absolute atomic E-state index is 14.6. The quantitative estimate of drug-likeness (QED) is 0.668. The van der Waals surface area contributed by atoms with E-state index in [1.165, 1.54) is 18.5 Å². The molecular weight excluding hydrogens is 442 g/mol. The van der Waals surface area contributed by atoms with Crippen LogP contribution in [0.5, 0.6) is 0 Å². The van der Waals surface area contributed by atoms with Gasteiger partial charge in [-0.25, -0.2) is 14.4 Å². The highest BCUT2D eigenvalue weighted by Crippen LogP contribution is 2.27. The third kappa shape index (κ3) is 8.35. The Morgan fingerprint density at radius 1 is 1.32 bits per heavy atom. The van der Waals surface area contributed by atoms with Crippen molar-refractivity contribution >= 4 is 23.3 Å². The summed E-state index contributed by atoms with van der Waals surface area (Å²) < 4.78 is 44.3. The van der Waals surface area contributed by atoms with Crippen LogP contribution in [0.3, 0.4) is 0 Å². The number of alkyl halides is 3. The number of nitrogens with one attached hydrogen (secondary N) is 1. The second-order valence-corrected chi connectivity index (χ2v) is 6.15. The van der Waals surface area contributed by atoms with Crippen molar-refractivity contribution in [3.63, 3.8) is 0 Å². The number of carbonyl (C=O) groups excluding carboxylic acids is 1. The number of hydrogen-bond acceptors (Lipinski definition) is 6. The van der Waals surface area contributed by atoms with Crippen LogP contribution >= 0.6 is 11.6 Å². The van der Waals surface area contributed by atoms with Crippen molar-refractivity contribution in [1.82, 2.24) is 14.9 Å². The monoisotopic (exact) mass is 461 g/mol. The minimum Gasteiger partial charge on any atom is -0.358 e. The predicted molar refractivity (Wildman–Crippen MR) is 106 cm³/mol. The first-order chi connectivity index (χ1) is 14.6. The van der Waals surface area contributed by atoms with E-state index in [1.54, 1.807) is 11.0 Å². The zero-order valence-corrected chi connectivity index (χ0v) is 17.4. The van der Waals surface area contributed by atoms with Crippen molar-refractivity contribution in [2.24, 2.45) is 0 Å². The normalized spacial score (nSPS) is 12.3. The Hall–Kier alpha value is -2.97. The lowest BCUT2D eigenvalue weighted by Gasteiger charge is -2.30. The van der Waals surface area contributed by atoms with Gasteiger partial charge in [-0.3, -0.25) is 4.79 Å². The Morgan fingerprint density at radius 3 is 2.45 bits per heavy atom. The smallest absolute Gasteiger partial charge is 0.358 e. The molecule has 3 rings (SSSR count). The summed E-state index contributed by atoms with van der Waals surface area (Å²) >= 11 is 5.88. The van der Waals surface area contributed by atoms with E-state index in [0.717, 1.165) is 19.5 Å². The number of nitrogens with zero attached hydrogens (tertiary/aromatic N) is 4. The molecule has 1 amide bonds. The zero-order chi connectivity index (χ0) is 23.6. The fourth-order valence-electron chi connectivity index (χ4n) is 2.29. The van der Waals surface area contributed by atoms with E-state index in [1.807, 2.05) is 19.9 Å². The molecule has 31 heavy (non-hydrogen) atoms. The number of nitriles is 1. The first kappa shape index (κ1) is 26.1. The van der Waals surface area contributed by atoms with Crippen LogP contribution in [-0.2, 0) is 4.79 Å². The fraction of sp³-hybridized carbons (Fsp3) is 0.368. The second kappa shape index (κ2) is 12.0. The summed E-state index contributed by atoms with van der Waals surface area (Å²) in [5.74, 6) is -0.832. The van der Waals surface area contributed by atoms with Crippen LogP contribution < -0.4 is 5.32 Å². The molecule has 0 saturated carbocycles. The van der Waals surface area contributed by atoms with Crippen molar-refractivity contribution < 1.29 is 27.5 Å². The molecule has 1 fully saturated rings. The Labute approximate surface area is 181 Å². The van der Waals surface area contributed by atoms with Crippen LogP contribution in [0.1, 0.15) is 25.8 Å². The van der Waals surface area contributed by atoms with Gasteiger partial charge in [-0.1, -0.05) is 31.5 Å². The van der Waals surface area contributed by atoms with E-state index in [4.69, 9.17) is 22.0 Å². The van der Waals surface area contributed by atoms with E-state index < -0.39 is 12.2 Å². The molecule has 0 radical (unpaired) electrons. The van der Waals surface area contributed by atoms with Gasteiger partial charge in [0.05, 0.1) is 17.1 Å². The number of aliphatic hydroxyl groups is 1. The molecule has 1 aromatic heterocycles. The van der Waals surface area contributed by atoms with Gasteiger partial charge in [0, 0.05) is 18.7 Å². The molecule has 0 unspecified atom stereocenters. The predicted octanol–water partition coefficient (Wildman–Crippen LogP) is 3.98. The maximum Gasteiger partial charge on any atom is 0.519 e. The molecule has 0 aliphatic carbocycles. The Balaban J connectivity index is 0.000000605. The van der Waals surface area contributed by atoms with Gasteiger partial charge >= 0.3 is 6.36 Å². The van der Waals surface area contributed by atoms with Crippen LogP contribution in [-0.4, -0.2) is 51.9 Å². The summed E-state index contributed by atoms with van der Waals surface area (Å²) in [4.78, 5) is 21.3. The van der Waals surface area contributed by atoms with Crippen molar-refractivity contribution in [3.05, 3.63) is 40.9 Å². The molecule has 1 aliphatic heterocycles. The number of aromatic nitrogens is 2. The second-order valence-electron chi connectivity index (χ2n) is 5.75. The van der Waals surface area contributed by atoms with Crippen molar-refractivity contribution in [2.75, 3.05) is 25.0 Å². The number of likely N-dealkylation sites (tertiary alicyclic amines) is 1. The van der Waals surface area contributed by atoms with Gasteiger partial charge in [-0.2, -0.15) is 5.26 Å². The highest BCUT2D eigenvalue weighted by atomic mass is 35.5. The average Bonchev–Trinajstić information content (AvgIpc) is 2.67. The number of benzene rings is 1. The summed E-state index contributed by atoms with van der Waals surface area (Å²) in [7, 11) is 0. The molecular formula is C19H20ClF4N5O2. The number of halogens is 5. The van der Waals surface area contributed by atoms with Crippen molar-refractivity contribution in [2.45, 2.75) is 26.6 Å². The molecule has 12 heteroatoms. The van der Waals surface area contributed by atoms with Gasteiger partial charge in [0.15, 0.2) is 11.6 Å². The number of carbonyl (C=O) groups is 1. The molecule has 0 spiro atoms.